The number of carboxylic acid groups (broad SMARTS) is 1. The van der Waals surface area contributed by atoms with Gasteiger partial charge in [-0.15, -0.1) is 11.8 Å². The van der Waals surface area contributed by atoms with Crippen LogP contribution in [0, 0.1) is 0 Å². The van der Waals surface area contributed by atoms with Gasteiger partial charge in [0.1, 0.15) is 0 Å². The van der Waals surface area contributed by atoms with Crippen molar-refractivity contribution >= 4 is 17.7 Å². The van der Waals surface area contributed by atoms with Crippen molar-refractivity contribution in [2.75, 3.05) is 5.75 Å². The fraction of sp³-hybridized carbons (Fsp3) is 0.625. The highest BCUT2D eigenvalue weighted by molar-refractivity contribution is 8.00. The molecule has 0 aliphatic heterocycles. The number of carbonyl (C=O) groups is 1. The second-order valence-corrected chi connectivity index (χ2v) is 3.83. The van der Waals surface area contributed by atoms with Gasteiger partial charge in [0.25, 0.3) is 0 Å². The van der Waals surface area contributed by atoms with Gasteiger partial charge in [0.2, 0.25) is 0 Å². The molecule has 0 heterocycles. The molecular formula is C8H12O2S. The van der Waals surface area contributed by atoms with Crippen LogP contribution in [0.3, 0.4) is 0 Å². The molecule has 1 unspecified atom stereocenters. The lowest BCUT2D eigenvalue weighted by Gasteiger charge is -2.13. The van der Waals surface area contributed by atoms with Gasteiger partial charge in [-0.25, -0.2) is 0 Å². The minimum atomic E-state index is -0.714. The molecule has 1 N–H and O–H groups in total. The summed E-state index contributed by atoms with van der Waals surface area (Å²) in [6, 6.07) is 0. The molecular weight excluding hydrogens is 160 g/mol. The fourth-order valence-corrected chi connectivity index (χ4v) is 2.01. The van der Waals surface area contributed by atoms with E-state index in [0.717, 1.165) is 12.8 Å². The van der Waals surface area contributed by atoms with E-state index in [-0.39, 0.29) is 5.75 Å². The molecule has 0 aromatic heterocycles. The van der Waals surface area contributed by atoms with Gasteiger partial charge in [-0.1, -0.05) is 12.2 Å². The number of carboxylic acids is 1. The molecule has 0 radical (unpaired) electrons. The summed E-state index contributed by atoms with van der Waals surface area (Å²) < 4.78 is 0. The summed E-state index contributed by atoms with van der Waals surface area (Å²) in [6.07, 6.45) is 7.76. The van der Waals surface area contributed by atoms with E-state index in [1.54, 1.807) is 0 Å². The van der Waals surface area contributed by atoms with Crippen molar-refractivity contribution in [2.24, 2.45) is 0 Å². The zero-order chi connectivity index (χ0) is 8.10. The van der Waals surface area contributed by atoms with Crippen LogP contribution in [-0.4, -0.2) is 22.1 Å². The van der Waals surface area contributed by atoms with E-state index in [2.05, 4.69) is 12.2 Å². The maximum atomic E-state index is 10.2. The Morgan fingerprint density at radius 1 is 1.73 bits per heavy atom. The molecule has 0 saturated heterocycles. The first kappa shape index (κ1) is 8.65. The standard InChI is InChI=1S/C8H12O2S/c9-8(10)6-11-7-4-2-1-3-5-7/h2,4,7H,1,3,5-6H2,(H,9,10). The minimum Gasteiger partial charge on any atom is -0.481 e. The Morgan fingerprint density at radius 3 is 3.09 bits per heavy atom. The number of rotatable bonds is 3. The summed E-state index contributed by atoms with van der Waals surface area (Å²) in [4.78, 5) is 10.2. The summed E-state index contributed by atoms with van der Waals surface area (Å²) in [6.45, 7) is 0. The highest BCUT2D eigenvalue weighted by atomic mass is 32.2. The van der Waals surface area contributed by atoms with Gasteiger partial charge >= 0.3 is 5.97 Å². The second kappa shape index (κ2) is 4.44. The molecule has 1 aliphatic rings. The Kier molecular flexibility index (Phi) is 3.49. The average Bonchev–Trinajstić information content (AvgIpc) is 2.03. The van der Waals surface area contributed by atoms with E-state index >= 15 is 0 Å². The monoisotopic (exact) mass is 172 g/mol. The van der Waals surface area contributed by atoms with Gasteiger partial charge in [0, 0.05) is 5.25 Å². The van der Waals surface area contributed by atoms with Crippen molar-refractivity contribution in [3.05, 3.63) is 12.2 Å². The van der Waals surface area contributed by atoms with E-state index < -0.39 is 5.97 Å². The van der Waals surface area contributed by atoms with Gasteiger partial charge in [-0.2, -0.15) is 0 Å². The summed E-state index contributed by atoms with van der Waals surface area (Å²) in [5.74, 6) is -0.483. The summed E-state index contributed by atoms with van der Waals surface area (Å²) in [5.41, 5.74) is 0. The molecule has 2 nitrogen and oxygen atoms in total. The Labute approximate surface area is 70.7 Å². The van der Waals surface area contributed by atoms with Crippen LogP contribution in [0.15, 0.2) is 12.2 Å². The SMILES string of the molecule is O=C(O)CSC1C=CCCC1. The van der Waals surface area contributed by atoms with Crippen LogP contribution in [0.25, 0.3) is 0 Å². The highest BCUT2D eigenvalue weighted by Gasteiger charge is 2.09. The number of hydrogen-bond acceptors (Lipinski definition) is 2. The third-order valence-electron chi connectivity index (χ3n) is 1.63. The van der Waals surface area contributed by atoms with Crippen LogP contribution in [0.4, 0.5) is 0 Å². The predicted octanol–water partition coefficient (Wildman–Crippen LogP) is 1.91. The molecule has 1 rings (SSSR count). The first-order valence-corrected chi connectivity index (χ1v) is 4.84. The Hall–Kier alpha value is -0.440. The third kappa shape index (κ3) is 3.46. The lowest BCUT2D eigenvalue weighted by atomic mass is 10.1. The maximum Gasteiger partial charge on any atom is 0.313 e. The first-order chi connectivity index (χ1) is 5.29. The quantitative estimate of drug-likeness (QED) is 0.661. The van der Waals surface area contributed by atoms with E-state index in [1.807, 2.05) is 0 Å². The molecule has 1 aliphatic carbocycles. The molecule has 11 heavy (non-hydrogen) atoms. The molecule has 0 aromatic carbocycles. The van der Waals surface area contributed by atoms with Crippen molar-refractivity contribution in [1.82, 2.24) is 0 Å². The molecule has 1 atom stereocenters. The second-order valence-electron chi connectivity index (χ2n) is 2.60. The van der Waals surface area contributed by atoms with E-state index in [1.165, 1.54) is 18.2 Å². The van der Waals surface area contributed by atoms with Crippen LogP contribution < -0.4 is 0 Å². The molecule has 0 saturated carbocycles. The average molecular weight is 172 g/mol. The molecule has 3 heteroatoms. The van der Waals surface area contributed by atoms with Crippen molar-refractivity contribution in [1.29, 1.82) is 0 Å². The molecule has 0 spiro atoms. The lowest BCUT2D eigenvalue weighted by molar-refractivity contribution is -0.133. The van der Waals surface area contributed by atoms with Gasteiger partial charge in [-0.05, 0) is 19.3 Å². The zero-order valence-electron chi connectivity index (χ0n) is 6.32. The third-order valence-corrected chi connectivity index (χ3v) is 2.87. The summed E-state index contributed by atoms with van der Waals surface area (Å²) in [5, 5.41) is 8.84. The van der Waals surface area contributed by atoms with E-state index in [0.29, 0.717) is 5.25 Å². The van der Waals surface area contributed by atoms with Gasteiger partial charge in [-0.3, -0.25) is 4.79 Å². The van der Waals surface area contributed by atoms with Crippen molar-refractivity contribution in [3.63, 3.8) is 0 Å². The topological polar surface area (TPSA) is 37.3 Å². The Morgan fingerprint density at radius 2 is 2.55 bits per heavy atom. The molecule has 62 valence electrons. The summed E-state index contributed by atoms with van der Waals surface area (Å²) >= 11 is 1.52. The number of allylic oxidation sites excluding steroid dienone is 1. The van der Waals surface area contributed by atoms with E-state index in [4.69, 9.17) is 5.11 Å². The molecule has 0 bridgehead atoms. The number of aliphatic carboxylic acids is 1. The molecule has 0 fully saturated rings. The van der Waals surface area contributed by atoms with Crippen LogP contribution in [0.5, 0.6) is 0 Å². The maximum absolute atomic E-state index is 10.2. The Balaban J connectivity index is 2.20. The fourth-order valence-electron chi connectivity index (χ4n) is 1.10. The van der Waals surface area contributed by atoms with Crippen molar-refractivity contribution < 1.29 is 9.90 Å². The predicted molar refractivity (Wildman–Crippen MR) is 46.9 cm³/mol. The van der Waals surface area contributed by atoms with E-state index in [9.17, 15) is 4.79 Å². The lowest BCUT2D eigenvalue weighted by Crippen LogP contribution is -2.07. The smallest absolute Gasteiger partial charge is 0.313 e. The van der Waals surface area contributed by atoms with Crippen LogP contribution in [0.1, 0.15) is 19.3 Å². The van der Waals surface area contributed by atoms with Gasteiger partial charge < -0.3 is 5.11 Å². The molecule has 0 amide bonds. The van der Waals surface area contributed by atoms with Crippen LogP contribution in [0.2, 0.25) is 0 Å². The number of hydrogen-bond donors (Lipinski definition) is 1. The minimum absolute atomic E-state index is 0.231. The zero-order valence-corrected chi connectivity index (χ0v) is 7.14. The first-order valence-electron chi connectivity index (χ1n) is 3.79. The van der Waals surface area contributed by atoms with Gasteiger partial charge in [0.05, 0.1) is 5.75 Å². The number of thioether (sulfide) groups is 1. The Bertz CT molecular complexity index is 165. The normalized spacial score (nSPS) is 23.5. The summed E-state index contributed by atoms with van der Waals surface area (Å²) in [7, 11) is 0. The van der Waals surface area contributed by atoms with Gasteiger partial charge in [0.15, 0.2) is 0 Å². The molecule has 0 aromatic rings. The largest absolute Gasteiger partial charge is 0.481 e. The highest BCUT2D eigenvalue weighted by Crippen LogP contribution is 2.22. The van der Waals surface area contributed by atoms with Crippen LogP contribution in [-0.2, 0) is 4.79 Å². The van der Waals surface area contributed by atoms with Crippen LogP contribution >= 0.6 is 11.8 Å². The van der Waals surface area contributed by atoms with Crippen molar-refractivity contribution in [3.8, 4) is 0 Å². The van der Waals surface area contributed by atoms with Crippen molar-refractivity contribution in [2.45, 2.75) is 24.5 Å².